The fourth-order valence-electron chi connectivity index (χ4n) is 7.35. The number of carbonyl (C=O) groups is 2. The van der Waals surface area contributed by atoms with Crippen molar-refractivity contribution in [3.8, 4) is 0 Å². The molecule has 0 saturated carbocycles. The summed E-state index contributed by atoms with van der Waals surface area (Å²) in [5, 5.41) is 0. The van der Waals surface area contributed by atoms with Gasteiger partial charge in [-0.2, -0.15) is 0 Å². The van der Waals surface area contributed by atoms with Crippen molar-refractivity contribution in [2.75, 3.05) is 19.8 Å². The Labute approximate surface area is 420 Å². The van der Waals surface area contributed by atoms with E-state index in [2.05, 4.69) is 142 Å². The van der Waals surface area contributed by atoms with Gasteiger partial charge in [0.15, 0.2) is 6.10 Å². The number of unbranched alkanes of at least 4 members (excludes halogenated alkanes) is 19. The summed E-state index contributed by atoms with van der Waals surface area (Å²) in [5.41, 5.74) is 0. The molecule has 0 aromatic rings. The Kier molecular flexibility index (Phi) is 54.5. The molecule has 386 valence electrons. The van der Waals surface area contributed by atoms with Gasteiger partial charge in [-0.3, -0.25) is 9.59 Å². The van der Waals surface area contributed by atoms with Gasteiger partial charge in [0.2, 0.25) is 0 Å². The lowest BCUT2D eigenvalue weighted by molar-refractivity contribution is -0.162. The molecule has 0 spiro atoms. The Morgan fingerprint density at radius 3 is 1.12 bits per heavy atom. The molecule has 0 rings (SSSR count). The normalized spacial score (nSPS) is 13.2. The van der Waals surface area contributed by atoms with Gasteiger partial charge in [-0.1, -0.05) is 226 Å². The molecule has 5 nitrogen and oxygen atoms in total. The van der Waals surface area contributed by atoms with Crippen LogP contribution in [0.3, 0.4) is 0 Å². The highest BCUT2D eigenvalue weighted by Crippen LogP contribution is 2.14. The van der Waals surface area contributed by atoms with Gasteiger partial charge in [0.05, 0.1) is 6.61 Å². The van der Waals surface area contributed by atoms with E-state index in [1.54, 1.807) is 0 Å². The summed E-state index contributed by atoms with van der Waals surface area (Å²) >= 11 is 0. The van der Waals surface area contributed by atoms with Crippen LogP contribution in [-0.4, -0.2) is 37.9 Å². The molecule has 0 aliphatic carbocycles. The average Bonchev–Trinajstić information content (AvgIpc) is 3.34. The minimum Gasteiger partial charge on any atom is -0.462 e. The predicted molar refractivity (Wildman–Crippen MR) is 297 cm³/mol. The lowest BCUT2D eigenvalue weighted by Gasteiger charge is -2.18. The van der Waals surface area contributed by atoms with Gasteiger partial charge in [0.1, 0.15) is 6.61 Å². The van der Waals surface area contributed by atoms with Crippen LogP contribution >= 0.6 is 0 Å². The number of hydrogen-bond donors (Lipinski definition) is 0. The number of esters is 2. The van der Waals surface area contributed by atoms with Crippen molar-refractivity contribution in [1.82, 2.24) is 0 Å². The molecule has 1 atom stereocenters. The first-order valence-corrected chi connectivity index (χ1v) is 28.1. The zero-order chi connectivity index (χ0) is 49.2. The van der Waals surface area contributed by atoms with Crippen LogP contribution in [0, 0.1) is 0 Å². The first-order valence-electron chi connectivity index (χ1n) is 28.1. The van der Waals surface area contributed by atoms with Gasteiger partial charge in [0, 0.05) is 19.4 Å². The summed E-state index contributed by atoms with van der Waals surface area (Å²) in [6, 6.07) is 0. The number of hydrogen-bond acceptors (Lipinski definition) is 5. The summed E-state index contributed by atoms with van der Waals surface area (Å²) in [6.07, 6.45) is 80.8. The fraction of sp³-hybridized carbons (Fsp3) is 0.651. The van der Waals surface area contributed by atoms with Gasteiger partial charge in [0.25, 0.3) is 0 Å². The van der Waals surface area contributed by atoms with Gasteiger partial charge in [-0.15, -0.1) is 0 Å². The molecule has 0 heterocycles. The van der Waals surface area contributed by atoms with Crippen LogP contribution < -0.4 is 0 Å². The standard InChI is InChI=1S/C63H104O5/c1-4-7-10-13-16-19-22-25-28-31-32-34-35-38-41-44-47-50-53-56-62(64)67-60-61(59-66-58-55-52-49-46-43-40-37-30-27-24-21-18-15-12-9-6-3)68-63(65)57-54-51-48-45-42-39-36-33-29-26-23-20-17-14-11-8-5-2/h8-9,11-12,17-18,20-21,25-30,36,39-40,43,45,48,61H,4-7,10,13-16,19,22-24,31-35,37-38,41-42,44,46-47,49-60H2,1-3H3/b11-8-,12-9-,20-17-,21-18-,28-25-,29-26-,30-27-,39-36-,43-40-,48-45-. The van der Waals surface area contributed by atoms with Crippen LogP contribution in [0.4, 0.5) is 0 Å². The topological polar surface area (TPSA) is 61.8 Å². The van der Waals surface area contributed by atoms with E-state index >= 15 is 0 Å². The maximum Gasteiger partial charge on any atom is 0.306 e. The van der Waals surface area contributed by atoms with Crippen LogP contribution in [-0.2, 0) is 23.8 Å². The highest BCUT2D eigenvalue weighted by Gasteiger charge is 2.17. The molecule has 5 heteroatoms. The third kappa shape index (κ3) is 54.9. The largest absolute Gasteiger partial charge is 0.462 e. The molecular weight excluding hydrogens is 837 g/mol. The van der Waals surface area contributed by atoms with E-state index in [4.69, 9.17) is 14.2 Å². The number of carbonyl (C=O) groups excluding carboxylic acids is 2. The molecule has 0 amide bonds. The second kappa shape index (κ2) is 57.6. The number of ether oxygens (including phenoxy) is 3. The monoisotopic (exact) mass is 941 g/mol. The van der Waals surface area contributed by atoms with Crippen LogP contribution in [0.5, 0.6) is 0 Å². The Balaban J connectivity index is 4.42. The van der Waals surface area contributed by atoms with Crippen molar-refractivity contribution in [3.05, 3.63) is 122 Å². The minimum atomic E-state index is -0.592. The van der Waals surface area contributed by atoms with E-state index < -0.39 is 6.10 Å². The molecule has 0 saturated heterocycles. The highest BCUT2D eigenvalue weighted by atomic mass is 16.6. The predicted octanol–water partition coefficient (Wildman–Crippen LogP) is 19.3. The molecule has 0 bridgehead atoms. The second-order valence-corrected chi connectivity index (χ2v) is 18.1. The Morgan fingerprint density at radius 1 is 0.338 bits per heavy atom. The van der Waals surface area contributed by atoms with Crippen LogP contribution in [0.25, 0.3) is 0 Å². The second-order valence-electron chi connectivity index (χ2n) is 18.1. The molecule has 0 aliphatic rings. The Bertz CT molecular complexity index is 1390. The molecule has 0 aromatic heterocycles. The summed E-state index contributed by atoms with van der Waals surface area (Å²) in [7, 11) is 0. The van der Waals surface area contributed by atoms with Crippen LogP contribution in [0.15, 0.2) is 122 Å². The lowest BCUT2D eigenvalue weighted by atomic mass is 10.1. The van der Waals surface area contributed by atoms with E-state index in [-0.39, 0.29) is 25.2 Å². The van der Waals surface area contributed by atoms with E-state index in [1.165, 1.54) is 89.9 Å². The summed E-state index contributed by atoms with van der Waals surface area (Å²) < 4.78 is 17.4. The van der Waals surface area contributed by atoms with E-state index in [1.807, 2.05) is 0 Å². The SMILES string of the molecule is CC/C=C\C/C=C\C/C=C\C/C=C\C/C=C\CCCC(=O)OC(COCCCCC/C=C\C/C=C\C/C=C\C/C=C\CC)COC(=O)CCCCCCCCCCC/C=C\CCCCCCCC. The van der Waals surface area contributed by atoms with Gasteiger partial charge < -0.3 is 14.2 Å². The van der Waals surface area contributed by atoms with Crippen molar-refractivity contribution < 1.29 is 23.8 Å². The molecule has 0 fully saturated rings. The van der Waals surface area contributed by atoms with Gasteiger partial charge in [-0.05, 0) is 122 Å². The lowest BCUT2D eigenvalue weighted by Crippen LogP contribution is -2.30. The highest BCUT2D eigenvalue weighted by molar-refractivity contribution is 5.70. The first kappa shape index (κ1) is 64.3. The fourth-order valence-corrected chi connectivity index (χ4v) is 7.35. The van der Waals surface area contributed by atoms with Gasteiger partial charge in [-0.25, -0.2) is 0 Å². The molecule has 1 unspecified atom stereocenters. The third-order valence-electron chi connectivity index (χ3n) is 11.5. The van der Waals surface area contributed by atoms with Crippen molar-refractivity contribution in [2.24, 2.45) is 0 Å². The average molecular weight is 942 g/mol. The van der Waals surface area contributed by atoms with Crippen molar-refractivity contribution in [2.45, 2.75) is 245 Å². The van der Waals surface area contributed by atoms with Crippen molar-refractivity contribution in [3.63, 3.8) is 0 Å². The van der Waals surface area contributed by atoms with Crippen LogP contribution in [0.2, 0.25) is 0 Å². The maximum atomic E-state index is 12.8. The smallest absolute Gasteiger partial charge is 0.306 e. The molecule has 0 aliphatic heterocycles. The number of rotatable bonds is 50. The van der Waals surface area contributed by atoms with Crippen LogP contribution in [0.1, 0.15) is 239 Å². The molecule has 68 heavy (non-hydrogen) atoms. The van der Waals surface area contributed by atoms with Crippen molar-refractivity contribution >= 4 is 11.9 Å². The molecule has 0 N–H and O–H groups in total. The summed E-state index contributed by atoms with van der Waals surface area (Å²) in [4.78, 5) is 25.5. The maximum absolute atomic E-state index is 12.8. The molecule has 0 aromatic carbocycles. The van der Waals surface area contributed by atoms with E-state index in [0.29, 0.717) is 25.9 Å². The number of allylic oxidation sites excluding steroid dienone is 20. The van der Waals surface area contributed by atoms with E-state index in [9.17, 15) is 9.59 Å². The van der Waals surface area contributed by atoms with Gasteiger partial charge >= 0.3 is 11.9 Å². The Hall–Kier alpha value is -3.70. The first-order chi connectivity index (χ1) is 33.6. The van der Waals surface area contributed by atoms with E-state index in [0.717, 1.165) is 109 Å². The summed E-state index contributed by atoms with van der Waals surface area (Å²) in [5.74, 6) is -0.489. The zero-order valence-electron chi connectivity index (χ0n) is 44.3. The summed E-state index contributed by atoms with van der Waals surface area (Å²) in [6.45, 7) is 7.46. The Morgan fingerprint density at radius 2 is 0.676 bits per heavy atom. The zero-order valence-corrected chi connectivity index (χ0v) is 44.3. The quantitative estimate of drug-likeness (QED) is 0.0345. The molecule has 0 radical (unpaired) electrons. The third-order valence-corrected chi connectivity index (χ3v) is 11.5. The van der Waals surface area contributed by atoms with Crippen molar-refractivity contribution in [1.29, 1.82) is 0 Å². The molecular formula is C63H104O5. The minimum absolute atomic E-state index is 0.0418.